The van der Waals surface area contributed by atoms with Gasteiger partial charge in [-0.05, 0) is 57.3 Å². The molecule has 5 heteroatoms. The van der Waals surface area contributed by atoms with E-state index in [-0.39, 0.29) is 5.56 Å². The molecule has 0 radical (unpaired) electrons. The molecule has 4 nitrogen and oxygen atoms in total. The molecular formula is C23H22ClNO3. The fourth-order valence-corrected chi connectivity index (χ4v) is 3.21. The number of para-hydroxylation sites is 1. The number of nitrogens with zero attached hydrogens (tertiary/aromatic N) is 1. The summed E-state index contributed by atoms with van der Waals surface area (Å²) in [7, 11) is 0. The minimum atomic E-state index is -0.651. The average Bonchev–Trinajstić information content (AvgIpc) is 2.62. The second-order valence-corrected chi connectivity index (χ2v) is 7.99. The van der Waals surface area contributed by atoms with E-state index < -0.39 is 11.6 Å². The van der Waals surface area contributed by atoms with Crippen LogP contribution in [0.2, 0.25) is 5.02 Å². The van der Waals surface area contributed by atoms with Crippen LogP contribution in [0, 0.1) is 0 Å². The van der Waals surface area contributed by atoms with Gasteiger partial charge in [0.1, 0.15) is 5.60 Å². The quantitative estimate of drug-likeness (QED) is 0.448. The zero-order chi connectivity index (χ0) is 20.5. The van der Waals surface area contributed by atoms with Crippen molar-refractivity contribution in [3.63, 3.8) is 0 Å². The summed E-state index contributed by atoms with van der Waals surface area (Å²) in [5.41, 5.74) is 1.26. The zero-order valence-electron chi connectivity index (χ0n) is 16.3. The Morgan fingerprint density at radius 3 is 2.39 bits per heavy atom. The molecule has 0 atom stereocenters. The number of fused-ring (bicyclic) bond motifs is 1. The van der Waals surface area contributed by atoms with Crippen molar-refractivity contribution >= 4 is 34.2 Å². The van der Waals surface area contributed by atoms with Crippen LogP contribution in [0.4, 0.5) is 0 Å². The largest absolute Gasteiger partial charge is 0.457 e. The van der Waals surface area contributed by atoms with Crippen LogP contribution in [0.15, 0.2) is 71.0 Å². The van der Waals surface area contributed by atoms with Crippen molar-refractivity contribution in [2.75, 3.05) is 0 Å². The number of carbonyl (C=O) groups excluding carboxylic acids is 1. The molecule has 2 aromatic carbocycles. The lowest BCUT2D eigenvalue weighted by Gasteiger charge is -2.22. The summed E-state index contributed by atoms with van der Waals surface area (Å²) in [6, 6.07) is 17.9. The van der Waals surface area contributed by atoms with Crippen molar-refractivity contribution in [3.8, 4) is 0 Å². The molecule has 0 aliphatic heterocycles. The number of esters is 1. The number of carbonyl (C=O) groups is 1. The lowest BCUT2D eigenvalue weighted by atomic mass is 10.1. The number of rotatable bonds is 3. The zero-order valence-corrected chi connectivity index (χ0v) is 17.1. The van der Waals surface area contributed by atoms with E-state index in [2.05, 4.69) is 0 Å². The number of benzene rings is 2. The van der Waals surface area contributed by atoms with Crippen LogP contribution < -0.4 is 5.56 Å². The predicted octanol–water partition coefficient (Wildman–Crippen LogP) is 5.28. The topological polar surface area (TPSA) is 48.3 Å². The van der Waals surface area contributed by atoms with E-state index in [1.54, 1.807) is 56.5 Å². The number of hydrogen-bond donors (Lipinski definition) is 0. The molecule has 0 fully saturated rings. The number of ether oxygens (including phenoxy) is 1. The van der Waals surface area contributed by atoms with Crippen LogP contribution in [0.3, 0.4) is 0 Å². The molecular weight excluding hydrogens is 374 g/mol. The fourth-order valence-electron chi connectivity index (χ4n) is 3.02. The molecule has 3 rings (SSSR count). The number of hydrogen-bond acceptors (Lipinski definition) is 3. The summed E-state index contributed by atoms with van der Waals surface area (Å²) in [6.45, 7) is 7.09. The second-order valence-electron chi connectivity index (χ2n) is 7.55. The minimum absolute atomic E-state index is 0.239. The van der Waals surface area contributed by atoms with E-state index in [1.165, 1.54) is 6.07 Å². The Morgan fingerprint density at radius 2 is 1.71 bits per heavy atom. The van der Waals surface area contributed by atoms with E-state index in [1.807, 2.05) is 30.3 Å². The van der Waals surface area contributed by atoms with E-state index in [9.17, 15) is 9.59 Å². The van der Waals surface area contributed by atoms with Gasteiger partial charge >= 0.3 is 5.97 Å². The standard InChI is InChI=1S/C23H22ClNO3/c1-15(22(27)28-23(2,3)4)21(17-9-7-10-18(24)14-17)25-19-11-6-5-8-16(19)12-13-20(25)26/h5-14H,1-4H3. The predicted molar refractivity (Wildman–Crippen MR) is 113 cm³/mol. The molecule has 28 heavy (non-hydrogen) atoms. The van der Waals surface area contributed by atoms with Crippen molar-refractivity contribution in [1.82, 2.24) is 4.57 Å². The van der Waals surface area contributed by atoms with Crippen molar-refractivity contribution in [1.29, 1.82) is 0 Å². The van der Waals surface area contributed by atoms with Gasteiger partial charge in [-0.3, -0.25) is 9.36 Å². The van der Waals surface area contributed by atoms with Crippen LogP contribution >= 0.6 is 11.6 Å². The van der Waals surface area contributed by atoms with E-state index in [4.69, 9.17) is 16.3 Å². The highest BCUT2D eigenvalue weighted by atomic mass is 35.5. The molecule has 0 spiro atoms. The third kappa shape index (κ3) is 4.18. The number of pyridine rings is 1. The van der Waals surface area contributed by atoms with Gasteiger partial charge in [-0.1, -0.05) is 41.9 Å². The molecule has 0 amide bonds. The minimum Gasteiger partial charge on any atom is -0.457 e. The van der Waals surface area contributed by atoms with Crippen LogP contribution in [-0.2, 0) is 9.53 Å². The maximum Gasteiger partial charge on any atom is 0.336 e. The second kappa shape index (κ2) is 7.64. The molecule has 1 heterocycles. The van der Waals surface area contributed by atoms with E-state index in [0.29, 0.717) is 27.4 Å². The fraction of sp³-hybridized carbons (Fsp3) is 0.217. The van der Waals surface area contributed by atoms with Crippen molar-refractivity contribution in [2.24, 2.45) is 0 Å². The lowest BCUT2D eigenvalue weighted by molar-refractivity contribution is -0.149. The summed E-state index contributed by atoms with van der Waals surface area (Å²) in [4.78, 5) is 25.7. The molecule has 0 N–H and O–H groups in total. The Bertz CT molecular complexity index is 1140. The first-order chi connectivity index (χ1) is 13.2. The SMILES string of the molecule is CC(C(=O)OC(C)(C)C)=C(c1cccc(Cl)c1)n1c(=O)ccc2ccccc21. The first kappa shape index (κ1) is 19.9. The van der Waals surface area contributed by atoms with Crippen LogP contribution in [-0.4, -0.2) is 16.1 Å². The maximum absolute atomic E-state index is 12.9. The highest BCUT2D eigenvalue weighted by Crippen LogP contribution is 2.27. The molecule has 0 unspecified atom stereocenters. The first-order valence-corrected chi connectivity index (χ1v) is 9.36. The van der Waals surface area contributed by atoms with E-state index in [0.717, 1.165) is 5.39 Å². The number of halogens is 1. The number of aromatic nitrogens is 1. The highest BCUT2D eigenvalue weighted by Gasteiger charge is 2.23. The van der Waals surface area contributed by atoms with Gasteiger partial charge in [0.25, 0.3) is 5.56 Å². The summed E-state index contributed by atoms with van der Waals surface area (Å²) in [5.74, 6) is -0.484. The van der Waals surface area contributed by atoms with Gasteiger partial charge < -0.3 is 4.74 Å². The molecule has 0 saturated carbocycles. The van der Waals surface area contributed by atoms with Crippen LogP contribution in [0.25, 0.3) is 16.6 Å². The highest BCUT2D eigenvalue weighted by molar-refractivity contribution is 6.30. The van der Waals surface area contributed by atoms with Gasteiger partial charge in [0.05, 0.1) is 16.8 Å². The smallest absolute Gasteiger partial charge is 0.336 e. The lowest BCUT2D eigenvalue weighted by Crippen LogP contribution is -2.27. The Balaban J connectivity index is 2.36. The van der Waals surface area contributed by atoms with Crippen LogP contribution in [0.5, 0.6) is 0 Å². The molecule has 0 aliphatic carbocycles. The van der Waals surface area contributed by atoms with Crippen molar-refractivity contribution in [3.05, 3.63) is 87.2 Å². The van der Waals surface area contributed by atoms with Crippen LogP contribution in [0.1, 0.15) is 33.3 Å². The van der Waals surface area contributed by atoms with Gasteiger partial charge in [0.15, 0.2) is 0 Å². The molecule has 144 valence electrons. The van der Waals surface area contributed by atoms with Gasteiger partial charge in [-0.15, -0.1) is 0 Å². The van der Waals surface area contributed by atoms with Crippen molar-refractivity contribution in [2.45, 2.75) is 33.3 Å². The van der Waals surface area contributed by atoms with Gasteiger partial charge in [0.2, 0.25) is 0 Å². The summed E-state index contributed by atoms with van der Waals surface area (Å²) < 4.78 is 7.10. The monoisotopic (exact) mass is 395 g/mol. The third-order valence-electron chi connectivity index (χ3n) is 4.19. The average molecular weight is 396 g/mol. The van der Waals surface area contributed by atoms with Gasteiger partial charge in [-0.25, -0.2) is 4.79 Å². The normalized spacial score (nSPS) is 12.6. The third-order valence-corrected chi connectivity index (χ3v) is 4.42. The Kier molecular flexibility index (Phi) is 5.43. The molecule has 3 aromatic rings. The summed E-state index contributed by atoms with van der Waals surface area (Å²) in [5, 5.41) is 1.40. The molecule has 1 aromatic heterocycles. The van der Waals surface area contributed by atoms with Crippen molar-refractivity contribution < 1.29 is 9.53 Å². The summed E-state index contributed by atoms with van der Waals surface area (Å²) in [6.07, 6.45) is 0. The Labute approximate surface area is 169 Å². The van der Waals surface area contributed by atoms with E-state index >= 15 is 0 Å². The van der Waals surface area contributed by atoms with Gasteiger partial charge in [-0.2, -0.15) is 0 Å². The Hall–Kier alpha value is -2.85. The molecule has 0 aliphatic rings. The Morgan fingerprint density at radius 1 is 1.00 bits per heavy atom. The first-order valence-electron chi connectivity index (χ1n) is 8.99. The molecule has 0 bridgehead atoms. The van der Waals surface area contributed by atoms with Gasteiger partial charge in [0, 0.05) is 16.7 Å². The summed E-state index contributed by atoms with van der Waals surface area (Å²) >= 11 is 6.20. The maximum atomic E-state index is 12.9. The molecule has 0 saturated heterocycles.